The lowest BCUT2D eigenvalue weighted by atomic mass is 9.84. The van der Waals surface area contributed by atoms with Gasteiger partial charge in [-0.25, -0.2) is 0 Å². The molecule has 4 unspecified atom stereocenters. The second kappa shape index (κ2) is 6.55. The molecule has 1 aliphatic heterocycles. The van der Waals surface area contributed by atoms with Crippen LogP contribution in [0.5, 0.6) is 0 Å². The van der Waals surface area contributed by atoms with Crippen LogP contribution < -0.4 is 5.32 Å². The maximum Gasteiger partial charge on any atom is 0.0615 e. The maximum atomic E-state index is 9.74. The van der Waals surface area contributed by atoms with Crippen LogP contribution in [0.15, 0.2) is 0 Å². The van der Waals surface area contributed by atoms with Gasteiger partial charge in [0, 0.05) is 11.6 Å². The number of hydrogen-bond acceptors (Lipinski definition) is 3. The summed E-state index contributed by atoms with van der Waals surface area (Å²) < 4.78 is 0. The van der Waals surface area contributed by atoms with Crippen LogP contribution in [-0.2, 0) is 0 Å². The Balaban J connectivity index is 1.87. The first kappa shape index (κ1) is 15.3. The molecule has 3 heteroatoms. The van der Waals surface area contributed by atoms with E-state index in [1.807, 2.05) is 7.05 Å². The number of aliphatic hydroxyl groups excluding tert-OH is 1. The fourth-order valence-corrected chi connectivity index (χ4v) is 4.24. The summed E-state index contributed by atoms with van der Waals surface area (Å²) in [5, 5.41) is 13.2. The van der Waals surface area contributed by atoms with Gasteiger partial charge in [0.15, 0.2) is 0 Å². The monoisotopic (exact) mass is 268 g/mol. The molecule has 2 fully saturated rings. The molecule has 1 aliphatic carbocycles. The van der Waals surface area contributed by atoms with Crippen molar-refractivity contribution in [2.75, 3.05) is 26.7 Å². The van der Waals surface area contributed by atoms with Crippen molar-refractivity contribution >= 4 is 0 Å². The zero-order valence-corrected chi connectivity index (χ0v) is 13.0. The lowest BCUT2D eigenvalue weighted by molar-refractivity contribution is 0.0842. The molecule has 0 aromatic carbocycles. The molecule has 2 aliphatic rings. The Morgan fingerprint density at radius 1 is 1.26 bits per heavy atom. The van der Waals surface area contributed by atoms with Crippen LogP contribution in [-0.4, -0.2) is 48.3 Å². The van der Waals surface area contributed by atoms with Crippen molar-refractivity contribution in [3.05, 3.63) is 0 Å². The van der Waals surface area contributed by atoms with E-state index in [0.29, 0.717) is 12.5 Å². The van der Waals surface area contributed by atoms with Crippen molar-refractivity contribution in [2.45, 2.75) is 64.0 Å². The minimum Gasteiger partial charge on any atom is -0.394 e. The lowest BCUT2D eigenvalue weighted by Gasteiger charge is -2.40. The minimum absolute atomic E-state index is 0.00460. The third kappa shape index (κ3) is 3.14. The van der Waals surface area contributed by atoms with Gasteiger partial charge in [0.25, 0.3) is 0 Å². The smallest absolute Gasteiger partial charge is 0.0615 e. The first-order valence-electron chi connectivity index (χ1n) is 8.17. The summed E-state index contributed by atoms with van der Waals surface area (Å²) in [6.45, 7) is 7.54. The number of aliphatic hydroxyl groups is 1. The molecule has 4 atom stereocenters. The highest BCUT2D eigenvalue weighted by Crippen LogP contribution is 2.38. The van der Waals surface area contributed by atoms with E-state index < -0.39 is 0 Å². The van der Waals surface area contributed by atoms with Crippen LogP contribution in [0.1, 0.15) is 52.4 Å². The number of likely N-dealkylation sites (tertiary alicyclic amines) is 1. The lowest BCUT2D eigenvalue weighted by Crippen LogP contribution is -2.51. The number of nitrogens with one attached hydrogen (secondary N) is 1. The van der Waals surface area contributed by atoms with Crippen molar-refractivity contribution in [1.29, 1.82) is 0 Å². The average molecular weight is 268 g/mol. The molecular weight excluding hydrogens is 236 g/mol. The topological polar surface area (TPSA) is 35.5 Å². The highest BCUT2D eigenvalue weighted by atomic mass is 16.3. The standard InChI is InChI=1S/C16H32N2O/c1-13-6-5-10-18(14(13)2)11-8-15-7-4-9-16(15,12-19)17-3/h13-15,17,19H,4-12H2,1-3H3. The van der Waals surface area contributed by atoms with Gasteiger partial charge in [0.05, 0.1) is 6.61 Å². The Morgan fingerprint density at radius 2 is 2.05 bits per heavy atom. The second-order valence-electron chi connectivity index (χ2n) is 6.84. The van der Waals surface area contributed by atoms with Crippen LogP contribution in [0.2, 0.25) is 0 Å². The largest absolute Gasteiger partial charge is 0.394 e. The van der Waals surface area contributed by atoms with Crippen molar-refractivity contribution < 1.29 is 5.11 Å². The molecule has 1 heterocycles. The third-order valence-corrected chi connectivity index (χ3v) is 6.01. The summed E-state index contributed by atoms with van der Waals surface area (Å²) in [7, 11) is 2.01. The maximum absolute atomic E-state index is 9.74. The van der Waals surface area contributed by atoms with Crippen LogP contribution >= 0.6 is 0 Å². The van der Waals surface area contributed by atoms with Gasteiger partial charge in [-0.1, -0.05) is 13.3 Å². The molecule has 0 amide bonds. The number of hydrogen-bond donors (Lipinski definition) is 2. The van der Waals surface area contributed by atoms with Gasteiger partial charge in [-0.15, -0.1) is 0 Å². The van der Waals surface area contributed by atoms with Crippen LogP contribution in [0.4, 0.5) is 0 Å². The van der Waals surface area contributed by atoms with E-state index >= 15 is 0 Å². The van der Waals surface area contributed by atoms with Gasteiger partial charge in [0.2, 0.25) is 0 Å². The normalized spacial score (nSPS) is 40.7. The van der Waals surface area contributed by atoms with E-state index in [0.717, 1.165) is 18.4 Å². The quantitative estimate of drug-likeness (QED) is 0.803. The Morgan fingerprint density at radius 3 is 2.74 bits per heavy atom. The summed E-state index contributed by atoms with van der Waals surface area (Å²) in [6, 6.07) is 0.730. The summed E-state index contributed by atoms with van der Waals surface area (Å²) in [4.78, 5) is 2.67. The fourth-order valence-electron chi connectivity index (χ4n) is 4.24. The molecule has 1 saturated heterocycles. The van der Waals surface area contributed by atoms with E-state index in [4.69, 9.17) is 0 Å². The SMILES string of the molecule is CNC1(CO)CCCC1CCN1CCCC(C)C1C. The first-order valence-corrected chi connectivity index (χ1v) is 8.17. The van der Waals surface area contributed by atoms with Crippen LogP contribution in [0.3, 0.4) is 0 Å². The zero-order chi connectivity index (χ0) is 13.9. The fraction of sp³-hybridized carbons (Fsp3) is 1.00. The Kier molecular flexibility index (Phi) is 5.27. The number of likely N-dealkylation sites (N-methyl/N-ethyl adjacent to an activating group) is 1. The molecule has 0 radical (unpaired) electrons. The molecule has 3 nitrogen and oxygen atoms in total. The van der Waals surface area contributed by atoms with E-state index in [9.17, 15) is 5.11 Å². The highest BCUT2D eigenvalue weighted by molar-refractivity contribution is 4.98. The van der Waals surface area contributed by atoms with Crippen molar-refractivity contribution in [3.63, 3.8) is 0 Å². The predicted octanol–water partition coefficient (Wildman–Crippen LogP) is 2.25. The van der Waals surface area contributed by atoms with E-state index in [2.05, 4.69) is 24.1 Å². The highest BCUT2D eigenvalue weighted by Gasteiger charge is 2.41. The Labute approximate surface area is 118 Å². The second-order valence-corrected chi connectivity index (χ2v) is 6.84. The van der Waals surface area contributed by atoms with Gasteiger partial charge < -0.3 is 15.3 Å². The van der Waals surface area contributed by atoms with Crippen LogP contribution in [0.25, 0.3) is 0 Å². The number of piperidine rings is 1. The number of rotatable bonds is 5. The summed E-state index contributed by atoms with van der Waals surface area (Å²) >= 11 is 0. The van der Waals surface area contributed by atoms with Gasteiger partial charge in [-0.2, -0.15) is 0 Å². The average Bonchev–Trinajstić information content (AvgIpc) is 2.84. The van der Waals surface area contributed by atoms with E-state index in [1.54, 1.807) is 0 Å². The van der Waals surface area contributed by atoms with E-state index in [-0.39, 0.29) is 5.54 Å². The van der Waals surface area contributed by atoms with Gasteiger partial charge in [-0.3, -0.25) is 0 Å². The molecular formula is C16H32N2O. The third-order valence-electron chi connectivity index (χ3n) is 6.01. The van der Waals surface area contributed by atoms with Gasteiger partial charge >= 0.3 is 0 Å². The predicted molar refractivity (Wildman–Crippen MR) is 80.3 cm³/mol. The molecule has 19 heavy (non-hydrogen) atoms. The van der Waals surface area contributed by atoms with Gasteiger partial charge in [-0.05, 0) is 71.0 Å². The number of nitrogens with zero attached hydrogens (tertiary/aromatic N) is 1. The molecule has 0 aromatic rings. The van der Waals surface area contributed by atoms with Gasteiger partial charge in [0.1, 0.15) is 0 Å². The van der Waals surface area contributed by atoms with Crippen molar-refractivity contribution in [1.82, 2.24) is 10.2 Å². The molecule has 2 N–H and O–H groups in total. The summed E-state index contributed by atoms with van der Waals surface area (Å²) in [6.07, 6.45) is 7.65. The Bertz CT molecular complexity index is 278. The van der Waals surface area contributed by atoms with Crippen molar-refractivity contribution in [2.24, 2.45) is 11.8 Å². The zero-order valence-electron chi connectivity index (χ0n) is 13.0. The molecule has 1 saturated carbocycles. The Hall–Kier alpha value is -0.120. The summed E-state index contributed by atoms with van der Waals surface area (Å²) in [5.41, 5.74) is 0.00460. The molecule has 0 spiro atoms. The molecule has 2 rings (SSSR count). The van der Waals surface area contributed by atoms with E-state index in [1.165, 1.54) is 45.2 Å². The van der Waals surface area contributed by atoms with Crippen LogP contribution in [0, 0.1) is 11.8 Å². The molecule has 112 valence electrons. The molecule has 0 aromatic heterocycles. The van der Waals surface area contributed by atoms with Crippen molar-refractivity contribution in [3.8, 4) is 0 Å². The molecule has 0 bridgehead atoms. The summed E-state index contributed by atoms with van der Waals surface area (Å²) in [5.74, 6) is 1.48. The minimum atomic E-state index is 0.00460. The first-order chi connectivity index (χ1) is 9.13.